The van der Waals surface area contributed by atoms with Crippen LogP contribution in [0.4, 0.5) is 0 Å². The van der Waals surface area contributed by atoms with Crippen LogP contribution in [0.3, 0.4) is 0 Å². The summed E-state index contributed by atoms with van der Waals surface area (Å²) in [6.45, 7) is 13.5. The molecule has 0 rings (SSSR count). The highest BCUT2D eigenvalue weighted by molar-refractivity contribution is 7.53. The Kier molecular flexibility index (Phi) is 7.05. The SMILES string of the molecule is CCC(C)(C)C(C)(N(CC(C)C)OC(C)(C)C(=O)O)P(=O)(O)O. The number of carboxylic acid groups (broad SMARTS) is 1. The molecule has 138 valence electrons. The third-order valence-corrected chi connectivity index (χ3v) is 6.57. The number of aliphatic carboxylic acids is 1. The van der Waals surface area contributed by atoms with E-state index in [0.29, 0.717) is 6.42 Å². The summed E-state index contributed by atoms with van der Waals surface area (Å²) in [5, 5.41) is 8.84. The maximum Gasteiger partial charge on any atom is 0.348 e. The third kappa shape index (κ3) is 4.77. The predicted molar refractivity (Wildman–Crippen MR) is 88.9 cm³/mol. The van der Waals surface area contributed by atoms with E-state index in [1.165, 1.54) is 25.8 Å². The Morgan fingerprint density at radius 3 is 1.87 bits per heavy atom. The van der Waals surface area contributed by atoms with Gasteiger partial charge in [-0.15, -0.1) is 0 Å². The molecule has 0 fully saturated rings. The van der Waals surface area contributed by atoms with Crippen molar-refractivity contribution in [1.29, 1.82) is 0 Å². The number of carbonyl (C=O) groups is 1. The first-order chi connectivity index (χ1) is 10.0. The lowest BCUT2D eigenvalue weighted by Gasteiger charge is -2.51. The molecule has 8 heteroatoms. The molecule has 0 aromatic heterocycles. The molecule has 0 aliphatic carbocycles. The van der Waals surface area contributed by atoms with Crippen molar-refractivity contribution in [3.8, 4) is 0 Å². The molecule has 23 heavy (non-hydrogen) atoms. The number of nitrogens with zero attached hydrogens (tertiary/aromatic N) is 1. The van der Waals surface area contributed by atoms with Gasteiger partial charge in [0.1, 0.15) is 5.28 Å². The van der Waals surface area contributed by atoms with Crippen LogP contribution >= 0.6 is 7.60 Å². The highest BCUT2D eigenvalue weighted by atomic mass is 31.2. The van der Waals surface area contributed by atoms with Crippen molar-refractivity contribution in [3.05, 3.63) is 0 Å². The fourth-order valence-corrected chi connectivity index (χ4v) is 3.52. The van der Waals surface area contributed by atoms with E-state index < -0.39 is 29.9 Å². The van der Waals surface area contributed by atoms with Gasteiger partial charge < -0.3 is 14.9 Å². The molecule has 0 aromatic carbocycles. The molecule has 7 nitrogen and oxygen atoms in total. The van der Waals surface area contributed by atoms with E-state index in [1.54, 1.807) is 13.8 Å². The van der Waals surface area contributed by atoms with Gasteiger partial charge in [-0.2, -0.15) is 5.06 Å². The van der Waals surface area contributed by atoms with Gasteiger partial charge >= 0.3 is 13.6 Å². The Balaban J connectivity index is 6.17. The van der Waals surface area contributed by atoms with Crippen LogP contribution in [0.5, 0.6) is 0 Å². The molecule has 0 radical (unpaired) electrons. The molecule has 0 bridgehead atoms. The Hall–Kier alpha value is -0.460. The molecule has 0 aliphatic heterocycles. The van der Waals surface area contributed by atoms with Crippen molar-refractivity contribution in [2.45, 2.75) is 72.7 Å². The van der Waals surface area contributed by atoms with Crippen molar-refractivity contribution in [2.24, 2.45) is 11.3 Å². The minimum atomic E-state index is -4.65. The number of carboxylic acids is 1. The molecular weight excluding hydrogens is 321 g/mol. The van der Waals surface area contributed by atoms with Crippen LogP contribution < -0.4 is 0 Å². The van der Waals surface area contributed by atoms with Gasteiger partial charge in [0, 0.05) is 6.54 Å². The summed E-state index contributed by atoms with van der Waals surface area (Å²) in [6.07, 6.45) is 0.486. The van der Waals surface area contributed by atoms with Crippen LogP contribution in [0.25, 0.3) is 0 Å². The summed E-state index contributed by atoms with van der Waals surface area (Å²) in [4.78, 5) is 37.2. The van der Waals surface area contributed by atoms with E-state index in [1.807, 2.05) is 20.8 Å². The topological polar surface area (TPSA) is 107 Å². The summed E-state index contributed by atoms with van der Waals surface area (Å²) in [5.74, 6) is -1.17. The van der Waals surface area contributed by atoms with Crippen molar-refractivity contribution < 1.29 is 29.1 Å². The van der Waals surface area contributed by atoms with Gasteiger partial charge in [-0.3, -0.25) is 9.40 Å². The first kappa shape index (κ1) is 22.5. The van der Waals surface area contributed by atoms with Crippen molar-refractivity contribution >= 4 is 13.6 Å². The van der Waals surface area contributed by atoms with Gasteiger partial charge in [0.25, 0.3) is 0 Å². The van der Waals surface area contributed by atoms with Crippen LogP contribution in [-0.4, -0.2) is 43.4 Å². The molecule has 0 aromatic rings. The Morgan fingerprint density at radius 1 is 1.17 bits per heavy atom. The molecule has 1 unspecified atom stereocenters. The number of hydroxylamine groups is 2. The third-order valence-electron chi connectivity index (χ3n) is 4.60. The second-order valence-electron chi connectivity index (χ2n) is 7.66. The molecular formula is C15H32NO6P. The van der Waals surface area contributed by atoms with Gasteiger partial charge in [0.05, 0.1) is 0 Å². The molecule has 0 saturated carbocycles. The van der Waals surface area contributed by atoms with E-state index >= 15 is 0 Å². The Bertz CT molecular complexity index is 471. The first-order valence-electron chi connectivity index (χ1n) is 7.78. The van der Waals surface area contributed by atoms with Gasteiger partial charge in [0.15, 0.2) is 5.60 Å². The molecule has 0 heterocycles. The second kappa shape index (κ2) is 7.19. The normalized spacial score (nSPS) is 16.7. The van der Waals surface area contributed by atoms with Gasteiger partial charge in [-0.25, -0.2) is 4.79 Å². The quantitative estimate of drug-likeness (QED) is 0.432. The minimum Gasteiger partial charge on any atom is -0.479 e. The lowest BCUT2D eigenvalue weighted by molar-refractivity contribution is -0.283. The van der Waals surface area contributed by atoms with Crippen LogP contribution in [0.2, 0.25) is 0 Å². The van der Waals surface area contributed by atoms with Gasteiger partial charge in [-0.1, -0.05) is 34.6 Å². The Morgan fingerprint density at radius 2 is 1.61 bits per heavy atom. The van der Waals surface area contributed by atoms with E-state index in [-0.39, 0.29) is 12.5 Å². The van der Waals surface area contributed by atoms with Crippen LogP contribution in [0, 0.1) is 11.3 Å². The zero-order valence-corrected chi connectivity index (χ0v) is 16.3. The average molecular weight is 353 g/mol. The molecule has 1 atom stereocenters. The summed E-state index contributed by atoms with van der Waals surface area (Å²) in [5.41, 5.74) is -2.41. The summed E-state index contributed by atoms with van der Waals surface area (Å²) in [6, 6.07) is 0. The van der Waals surface area contributed by atoms with Crippen LogP contribution in [0.1, 0.15) is 61.8 Å². The van der Waals surface area contributed by atoms with E-state index in [4.69, 9.17) is 4.84 Å². The molecule has 3 N–H and O–H groups in total. The number of hydrogen-bond donors (Lipinski definition) is 3. The number of hydrogen-bond acceptors (Lipinski definition) is 4. The predicted octanol–water partition coefficient (Wildman–Crippen LogP) is 3.07. The zero-order valence-electron chi connectivity index (χ0n) is 15.5. The highest BCUT2D eigenvalue weighted by Gasteiger charge is 2.59. The zero-order chi connectivity index (χ0) is 18.9. The average Bonchev–Trinajstić information content (AvgIpc) is 2.34. The van der Waals surface area contributed by atoms with Crippen molar-refractivity contribution in [2.75, 3.05) is 6.54 Å². The van der Waals surface area contributed by atoms with Gasteiger partial charge in [0.2, 0.25) is 0 Å². The lowest BCUT2D eigenvalue weighted by atomic mass is 9.81. The fraction of sp³-hybridized carbons (Fsp3) is 0.933. The molecule has 0 amide bonds. The van der Waals surface area contributed by atoms with E-state index in [0.717, 1.165) is 0 Å². The highest BCUT2D eigenvalue weighted by Crippen LogP contribution is 2.62. The van der Waals surface area contributed by atoms with E-state index in [2.05, 4.69) is 0 Å². The molecule has 0 saturated heterocycles. The van der Waals surface area contributed by atoms with Gasteiger partial charge in [-0.05, 0) is 38.5 Å². The first-order valence-corrected chi connectivity index (χ1v) is 9.40. The summed E-state index contributed by atoms with van der Waals surface area (Å²) < 4.78 is 12.4. The monoisotopic (exact) mass is 353 g/mol. The van der Waals surface area contributed by atoms with Crippen LogP contribution in [0.15, 0.2) is 0 Å². The lowest BCUT2D eigenvalue weighted by Crippen LogP contribution is -2.59. The fourth-order valence-electron chi connectivity index (χ4n) is 2.16. The number of rotatable bonds is 9. The maximum atomic E-state index is 12.4. The Labute approximate surface area is 139 Å². The molecule has 0 spiro atoms. The smallest absolute Gasteiger partial charge is 0.348 e. The van der Waals surface area contributed by atoms with Crippen LogP contribution in [-0.2, 0) is 14.2 Å². The standard InChI is InChI=1S/C15H32NO6P/c1-9-13(4,5)15(8,23(19,20)21)16(10-11(2)3)22-14(6,7)12(17)18/h11H,9-10H2,1-8H3,(H,17,18)(H2,19,20,21). The van der Waals surface area contributed by atoms with Crippen molar-refractivity contribution in [3.63, 3.8) is 0 Å². The summed E-state index contributed by atoms with van der Waals surface area (Å²) in [7, 11) is -4.65. The minimum absolute atomic E-state index is 0.0260. The maximum absolute atomic E-state index is 12.4. The van der Waals surface area contributed by atoms with Crippen molar-refractivity contribution in [1.82, 2.24) is 5.06 Å². The summed E-state index contributed by atoms with van der Waals surface area (Å²) >= 11 is 0. The second-order valence-corrected chi connectivity index (χ2v) is 9.62. The van der Waals surface area contributed by atoms with E-state index in [9.17, 15) is 24.3 Å². The largest absolute Gasteiger partial charge is 0.479 e. The molecule has 0 aliphatic rings.